The first-order valence-corrected chi connectivity index (χ1v) is 6.07. The van der Waals surface area contributed by atoms with Gasteiger partial charge in [-0.25, -0.2) is 5.43 Å². The van der Waals surface area contributed by atoms with Crippen molar-refractivity contribution in [2.45, 2.75) is 0 Å². The van der Waals surface area contributed by atoms with Gasteiger partial charge in [-0.15, -0.1) is 0 Å². The summed E-state index contributed by atoms with van der Waals surface area (Å²) in [4.78, 5) is 22.0. The third-order valence-electron chi connectivity index (χ3n) is 2.67. The number of para-hydroxylation sites is 1. The third kappa shape index (κ3) is 3.57. The lowest BCUT2D eigenvalue weighted by atomic mass is 10.2. The molecule has 2 aromatic rings. The summed E-state index contributed by atoms with van der Waals surface area (Å²) in [6.07, 6.45) is 1.14. The topological polar surface area (TPSA) is 125 Å². The van der Waals surface area contributed by atoms with E-state index in [0.717, 1.165) is 24.4 Å². The van der Waals surface area contributed by atoms with Crippen LogP contribution in [-0.2, 0) is 0 Å². The molecule has 0 saturated carbocycles. The molecule has 0 aliphatic rings. The maximum Gasteiger partial charge on any atom is 0.278 e. The minimum atomic E-state index is -0.680. The van der Waals surface area contributed by atoms with E-state index >= 15 is 0 Å². The standard InChI is InChI=1S/C14H11N3O5/c18-11-5-10(6-12(19)7-11)14(20)16-15-8-9-3-1-2-4-13(9)17(21)22/h1-8,18-19H,(H,16,20)/b15-8+. The quantitative estimate of drug-likeness (QED) is 0.451. The van der Waals surface area contributed by atoms with Gasteiger partial charge >= 0.3 is 0 Å². The van der Waals surface area contributed by atoms with E-state index in [-0.39, 0.29) is 28.3 Å². The van der Waals surface area contributed by atoms with Crippen LogP contribution in [0.3, 0.4) is 0 Å². The molecule has 22 heavy (non-hydrogen) atoms. The molecule has 0 saturated heterocycles. The van der Waals surface area contributed by atoms with E-state index in [0.29, 0.717) is 0 Å². The van der Waals surface area contributed by atoms with Crippen LogP contribution in [0.1, 0.15) is 15.9 Å². The van der Waals surface area contributed by atoms with Gasteiger partial charge in [0.1, 0.15) is 11.5 Å². The number of nitro benzene ring substituents is 1. The first-order valence-electron chi connectivity index (χ1n) is 6.07. The number of nitrogens with one attached hydrogen (secondary N) is 1. The highest BCUT2D eigenvalue weighted by Gasteiger charge is 2.11. The average Bonchev–Trinajstić information content (AvgIpc) is 2.46. The van der Waals surface area contributed by atoms with Gasteiger partial charge in [-0.3, -0.25) is 14.9 Å². The molecular formula is C14H11N3O5. The Morgan fingerprint density at radius 2 is 1.82 bits per heavy atom. The molecule has 1 amide bonds. The molecule has 0 aromatic heterocycles. The second kappa shape index (κ2) is 6.35. The van der Waals surface area contributed by atoms with E-state index in [1.165, 1.54) is 18.2 Å². The molecule has 0 heterocycles. The average molecular weight is 301 g/mol. The van der Waals surface area contributed by atoms with Gasteiger partial charge in [0.15, 0.2) is 0 Å². The Morgan fingerprint density at radius 3 is 2.45 bits per heavy atom. The predicted molar refractivity (Wildman–Crippen MR) is 77.9 cm³/mol. The summed E-state index contributed by atoms with van der Waals surface area (Å²) in [6, 6.07) is 9.29. The minimum Gasteiger partial charge on any atom is -0.508 e. The van der Waals surface area contributed by atoms with Crippen LogP contribution < -0.4 is 5.43 Å². The van der Waals surface area contributed by atoms with Gasteiger partial charge in [0.2, 0.25) is 0 Å². The number of benzene rings is 2. The Bertz CT molecular complexity index is 738. The van der Waals surface area contributed by atoms with Crippen molar-refractivity contribution >= 4 is 17.8 Å². The molecule has 0 unspecified atom stereocenters. The highest BCUT2D eigenvalue weighted by Crippen LogP contribution is 2.20. The van der Waals surface area contributed by atoms with Gasteiger partial charge in [-0.1, -0.05) is 12.1 Å². The lowest BCUT2D eigenvalue weighted by Crippen LogP contribution is -2.17. The van der Waals surface area contributed by atoms with Gasteiger partial charge < -0.3 is 10.2 Å². The molecule has 0 fully saturated rings. The SMILES string of the molecule is O=C(N/N=C/c1ccccc1[N+](=O)[O-])c1cc(O)cc(O)c1. The lowest BCUT2D eigenvalue weighted by molar-refractivity contribution is -0.385. The minimum absolute atomic E-state index is 0.00258. The number of carbonyl (C=O) groups excluding carboxylic acids is 1. The number of hydrazone groups is 1. The van der Waals surface area contributed by atoms with Crippen molar-refractivity contribution in [2.75, 3.05) is 0 Å². The van der Waals surface area contributed by atoms with Gasteiger partial charge in [0.25, 0.3) is 11.6 Å². The van der Waals surface area contributed by atoms with E-state index in [1.807, 2.05) is 0 Å². The lowest BCUT2D eigenvalue weighted by Gasteiger charge is -2.02. The van der Waals surface area contributed by atoms with Crippen LogP contribution in [0, 0.1) is 10.1 Å². The van der Waals surface area contributed by atoms with Gasteiger partial charge in [-0.2, -0.15) is 5.10 Å². The van der Waals surface area contributed by atoms with Gasteiger partial charge in [-0.05, 0) is 18.2 Å². The zero-order chi connectivity index (χ0) is 16.1. The van der Waals surface area contributed by atoms with Crippen LogP contribution in [0.2, 0.25) is 0 Å². The zero-order valence-corrected chi connectivity index (χ0v) is 11.1. The van der Waals surface area contributed by atoms with Crippen LogP contribution in [0.15, 0.2) is 47.6 Å². The molecule has 8 nitrogen and oxygen atoms in total. The molecule has 0 atom stereocenters. The van der Waals surface area contributed by atoms with E-state index in [1.54, 1.807) is 6.07 Å². The molecule has 0 aliphatic carbocycles. The third-order valence-corrected chi connectivity index (χ3v) is 2.67. The molecule has 0 aliphatic heterocycles. The van der Waals surface area contributed by atoms with Gasteiger partial charge in [0.05, 0.1) is 16.7 Å². The number of amides is 1. The number of aromatic hydroxyl groups is 2. The number of nitro groups is 1. The van der Waals surface area contributed by atoms with Crippen LogP contribution >= 0.6 is 0 Å². The van der Waals surface area contributed by atoms with Crippen LogP contribution in [0.25, 0.3) is 0 Å². The molecule has 0 bridgehead atoms. The first-order chi connectivity index (χ1) is 10.5. The normalized spacial score (nSPS) is 10.5. The Balaban J connectivity index is 2.12. The maximum atomic E-state index is 11.8. The number of carbonyl (C=O) groups is 1. The van der Waals surface area contributed by atoms with E-state index in [2.05, 4.69) is 10.5 Å². The second-order valence-corrected chi connectivity index (χ2v) is 4.25. The molecule has 3 N–H and O–H groups in total. The Hall–Kier alpha value is -3.42. The molecular weight excluding hydrogens is 290 g/mol. The fraction of sp³-hybridized carbons (Fsp3) is 0. The van der Waals surface area contributed by atoms with Gasteiger partial charge in [0, 0.05) is 17.7 Å². The fourth-order valence-corrected chi connectivity index (χ4v) is 1.71. The molecule has 112 valence electrons. The summed E-state index contributed by atoms with van der Waals surface area (Å²) in [5.74, 6) is -1.22. The highest BCUT2D eigenvalue weighted by atomic mass is 16.6. The summed E-state index contributed by atoms with van der Waals surface area (Å²) in [7, 11) is 0. The number of phenols is 2. The molecule has 2 aromatic carbocycles. The van der Waals surface area contributed by atoms with Crippen LogP contribution in [0.5, 0.6) is 11.5 Å². The number of phenolic OH excluding ortho intramolecular Hbond substituents is 2. The Morgan fingerprint density at radius 1 is 1.18 bits per heavy atom. The highest BCUT2D eigenvalue weighted by molar-refractivity contribution is 5.96. The van der Waals surface area contributed by atoms with Crippen LogP contribution in [0.4, 0.5) is 5.69 Å². The largest absolute Gasteiger partial charge is 0.508 e. The van der Waals surface area contributed by atoms with Crippen molar-refractivity contribution in [3.8, 4) is 11.5 Å². The number of nitrogens with zero attached hydrogens (tertiary/aromatic N) is 2. The smallest absolute Gasteiger partial charge is 0.278 e. The number of rotatable bonds is 4. The molecule has 8 heteroatoms. The van der Waals surface area contributed by atoms with Crippen molar-refractivity contribution in [3.05, 3.63) is 63.7 Å². The fourth-order valence-electron chi connectivity index (χ4n) is 1.71. The van der Waals surface area contributed by atoms with Crippen molar-refractivity contribution in [3.63, 3.8) is 0 Å². The van der Waals surface area contributed by atoms with E-state index < -0.39 is 10.8 Å². The summed E-state index contributed by atoms with van der Waals surface area (Å²) in [5.41, 5.74) is 2.24. The second-order valence-electron chi connectivity index (χ2n) is 4.25. The maximum absolute atomic E-state index is 11.8. The number of hydrogen-bond acceptors (Lipinski definition) is 6. The summed E-state index contributed by atoms with van der Waals surface area (Å²) < 4.78 is 0. The van der Waals surface area contributed by atoms with E-state index in [9.17, 15) is 25.1 Å². The summed E-state index contributed by atoms with van der Waals surface area (Å²) >= 11 is 0. The van der Waals surface area contributed by atoms with Crippen molar-refractivity contribution in [1.29, 1.82) is 0 Å². The first kappa shape index (κ1) is 15.0. The Kier molecular flexibility index (Phi) is 4.33. The number of hydrogen-bond donors (Lipinski definition) is 3. The van der Waals surface area contributed by atoms with E-state index in [4.69, 9.17) is 0 Å². The molecule has 2 rings (SSSR count). The predicted octanol–water partition coefficient (Wildman–Crippen LogP) is 1.77. The van der Waals surface area contributed by atoms with Crippen LogP contribution in [-0.4, -0.2) is 27.3 Å². The Labute approximate surface area is 124 Å². The monoisotopic (exact) mass is 301 g/mol. The van der Waals surface area contributed by atoms with Crippen molar-refractivity contribution in [2.24, 2.45) is 5.10 Å². The molecule has 0 radical (unpaired) electrons. The summed E-state index contributed by atoms with van der Waals surface area (Å²) in [6.45, 7) is 0. The molecule has 0 spiro atoms. The van der Waals surface area contributed by atoms with Crippen molar-refractivity contribution in [1.82, 2.24) is 5.43 Å². The van der Waals surface area contributed by atoms with Crippen molar-refractivity contribution < 1.29 is 19.9 Å². The zero-order valence-electron chi connectivity index (χ0n) is 11.1. The summed E-state index contributed by atoms with van der Waals surface area (Å²) in [5, 5.41) is 33.0.